The van der Waals surface area contributed by atoms with E-state index in [9.17, 15) is 10.1 Å². The minimum atomic E-state index is -0.441. The van der Waals surface area contributed by atoms with Gasteiger partial charge in [-0.2, -0.15) is 5.10 Å². The molecule has 0 aromatic carbocycles. The summed E-state index contributed by atoms with van der Waals surface area (Å²) in [4.78, 5) is 10.6. The second kappa shape index (κ2) is 6.34. The Labute approximate surface area is 106 Å². The Hall–Kier alpha value is -1.63. The van der Waals surface area contributed by atoms with Crippen molar-refractivity contribution in [1.29, 1.82) is 0 Å². The van der Waals surface area contributed by atoms with Crippen LogP contribution in [0.2, 0.25) is 0 Å². The Bertz CT molecular complexity index is 415. The van der Waals surface area contributed by atoms with Gasteiger partial charge in [0.1, 0.15) is 12.3 Å². The highest BCUT2D eigenvalue weighted by molar-refractivity contribution is 5.46. The van der Waals surface area contributed by atoms with Crippen LogP contribution < -0.4 is 10.1 Å². The highest BCUT2D eigenvalue weighted by atomic mass is 16.6. The first-order valence-electron chi connectivity index (χ1n) is 6.06. The maximum absolute atomic E-state index is 11.0. The van der Waals surface area contributed by atoms with E-state index in [1.165, 1.54) is 0 Å². The average molecular weight is 256 g/mol. The summed E-state index contributed by atoms with van der Waals surface area (Å²) < 4.78 is 7.07. The molecule has 0 atom stereocenters. The topological polar surface area (TPSA) is 82.2 Å². The third-order valence-corrected chi connectivity index (χ3v) is 2.45. The lowest BCUT2D eigenvalue weighted by molar-refractivity contribution is -0.386. The molecule has 0 saturated heterocycles. The summed E-state index contributed by atoms with van der Waals surface area (Å²) in [6.07, 6.45) is 0. The zero-order valence-corrected chi connectivity index (χ0v) is 11.3. The third-order valence-electron chi connectivity index (χ3n) is 2.45. The minimum Gasteiger partial charge on any atom is -0.472 e. The molecule has 7 nitrogen and oxygen atoms in total. The second-order valence-corrected chi connectivity index (χ2v) is 4.24. The van der Waals surface area contributed by atoms with E-state index in [4.69, 9.17) is 4.74 Å². The number of ether oxygens (including phenoxy) is 1. The van der Waals surface area contributed by atoms with Gasteiger partial charge >= 0.3 is 5.69 Å². The molecule has 1 aromatic heterocycles. The first kappa shape index (κ1) is 14.4. The summed E-state index contributed by atoms with van der Waals surface area (Å²) >= 11 is 0. The van der Waals surface area contributed by atoms with Crippen LogP contribution in [-0.4, -0.2) is 34.4 Å². The molecule has 102 valence electrons. The molecule has 0 aliphatic rings. The van der Waals surface area contributed by atoms with Gasteiger partial charge in [0.2, 0.25) is 0 Å². The van der Waals surface area contributed by atoms with Crippen molar-refractivity contribution in [3.05, 3.63) is 15.8 Å². The lowest BCUT2D eigenvalue weighted by Crippen LogP contribution is -2.21. The van der Waals surface area contributed by atoms with Crippen LogP contribution in [0, 0.1) is 17.0 Å². The van der Waals surface area contributed by atoms with E-state index in [0.29, 0.717) is 18.8 Å². The van der Waals surface area contributed by atoms with Crippen molar-refractivity contribution in [3.63, 3.8) is 0 Å². The van der Waals surface area contributed by atoms with Crippen LogP contribution in [0.1, 0.15) is 32.5 Å². The molecule has 0 aliphatic heterocycles. The van der Waals surface area contributed by atoms with Gasteiger partial charge < -0.3 is 10.1 Å². The van der Waals surface area contributed by atoms with Crippen molar-refractivity contribution in [2.75, 3.05) is 19.7 Å². The molecular weight excluding hydrogens is 236 g/mol. The fourth-order valence-corrected chi connectivity index (χ4v) is 1.61. The van der Waals surface area contributed by atoms with Crippen molar-refractivity contribution in [2.24, 2.45) is 0 Å². The quantitative estimate of drug-likeness (QED) is 0.456. The van der Waals surface area contributed by atoms with Gasteiger partial charge in [-0.25, -0.2) is 4.68 Å². The van der Waals surface area contributed by atoms with E-state index >= 15 is 0 Å². The number of nitrogens with zero attached hydrogens (tertiary/aromatic N) is 3. The number of hydrogen-bond acceptors (Lipinski definition) is 5. The van der Waals surface area contributed by atoms with Crippen LogP contribution in [-0.2, 0) is 0 Å². The van der Waals surface area contributed by atoms with Crippen LogP contribution in [0.4, 0.5) is 5.69 Å². The Morgan fingerprint density at radius 3 is 2.72 bits per heavy atom. The normalized spacial score (nSPS) is 10.9. The average Bonchev–Trinajstić information content (AvgIpc) is 2.62. The maximum atomic E-state index is 11.0. The fourth-order valence-electron chi connectivity index (χ4n) is 1.61. The standard InChI is InChI=1S/C11H20N4O3/c1-5-12-6-7-18-11-10(15(16)17)9(4)13-14(11)8(2)3/h8,12H,5-7H2,1-4H3. The minimum absolute atomic E-state index is 0.0199. The van der Waals surface area contributed by atoms with Crippen LogP contribution >= 0.6 is 0 Å². The molecule has 7 heteroatoms. The predicted molar refractivity (Wildman–Crippen MR) is 68.0 cm³/mol. The molecule has 0 saturated carbocycles. The highest BCUT2D eigenvalue weighted by Gasteiger charge is 2.27. The zero-order chi connectivity index (χ0) is 13.7. The van der Waals surface area contributed by atoms with Gasteiger partial charge in [-0.15, -0.1) is 0 Å². The lowest BCUT2D eigenvalue weighted by Gasteiger charge is -2.11. The van der Waals surface area contributed by atoms with Crippen LogP contribution in [0.15, 0.2) is 0 Å². The summed E-state index contributed by atoms with van der Waals surface area (Å²) in [7, 11) is 0. The number of aromatic nitrogens is 2. The maximum Gasteiger partial charge on any atom is 0.353 e. The van der Waals surface area contributed by atoms with Gasteiger partial charge in [0.05, 0.1) is 11.0 Å². The van der Waals surface area contributed by atoms with Crippen molar-refractivity contribution in [3.8, 4) is 5.88 Å². The van der Waals surface area contributed by atoms with Gasteiger partial charge in [0, 0.05) is 6.54 Å². The third kappa shape index (κ3) is 3.19. The van der Waals surface area contributed by atoms with Crippen molar-refractivity contribution in [2.45, 2.75) is 33.7 Å². The van der Waals surface area contributed by atoms with E-state index in [2.05, 4.69) is 10.4 Å². The van der Waals surface area contributed by atoms with Gasteiger partial charge in [-0.1, -0.05) is 6.92 Å². The highest BCUT2D eigenvalue weighted by Crippen LogP contribution is 2.32. The second-order valence-electron chi connectivity index (χ2n) is 4.24. The molecule has 1 N–H and O–H groups in total. The summed E-state index contributed by atoms with van der Waals surface area (Å²) in [5.74, 6) is 0.241. The molecule has 0 radical (unpaired) electrons. The summed E-state index contributed by atoms with van der Waals surface area (Å²) in [5, 5.41) is 18.3. The molecule has 18 heavy (non-hydrogen) atoms. The molecule has 0 bridgehead atoms. The van der Waals surface area contributed by atoms with E-state index in [-0.39, 0.29) is 17.6 Å². The van der Waals surface area contributed by atoms with Gasteiger partial charge in [-0.3, -0.25) is 10.1 Å². The Balaban J connectivity index is 2.93. The summed E-state index contributed by atoms with van der Waals surface area (Å²) in [6, 6.07) is 0.0199. The molecule has 0 amide bonds. The van der Waals surface area contributed by atoms with Gasteiger partial charge in [-0.05, 0) is 27.3 Å². The molecule has 0 fully saturated rings. The molecule has 0 unspecified atom stereocenters. The fraction of sp³-hybridized carbons (Fsp3) is 0.727. The SMILES string of the molecule is CCNCCOc1c([N+](=O)[O-])c(C)nn1C(C)C. The first-order valence-corrected chi connectivity index (χ1v) is 6.06. The van der Waals surface area contributed by atoms with Crippen LogP contribution in [0.25, 0.3) is 0 Å². The first-order chi connectivity index (χ1) is 8.49. The number of nitro groups is 1. The van der Waals surface area contributed by atoms with E-state index < -0.39 is 4.92 Å². The van der Waals surface area contributed by atoms with E-state index in [1.54, 1.807) is 11.6 Å². The number of aryl methyl sites for hydroxylation is 1. The van der Waals surface area contributed by atoms with Crippen molar-refractivity contribution >= 4 is 5.69 Å². The lowest BCUT2D eigenvalue weighted by atomic mass is 10.4. The zero-order valence-electron chi connectivity index (χ0n) is 11.3. The molecule has 0 aliphatic carbocycles. The van der Waals surface area contributed by atoms with E-state index in [0.717, 1.165) is 6.54 Å². The van der Waals surface area contributed by atoms with Crippen molar-refractivity contribution in [1.82, 2.24) is 15.1 Å². The van der Waals surface area contributed by atoms with Crippen molar-refractivity contribution < 1.29 is 9.66 Å². The molecule has 1 aromatic rings. The van der Waals surface area contributed by atoms with Gasteiger partial charge in [0.15, 0.2) is 0 Å². The molecule has 1 heterocycles. The number of likely N-dealkylation sites (N-methyl/N-ethyl adjacent to an activating group) is 1. The number of rotatable bonds is 7. The molecule has 0 spiro atoms. The number of hydrogen-bond donors (Lipinski definition) is 1. The summed E-state index contributed by atoms with van der Waals surface area (Å²) in [6.45, 7) is 9.30. The molecular formula is C11H20N4O3. The monoisotopic (exact) mass is 256 g/mol. The number of nitrogens with one attached hydrogen (secondary N) is 1. The summed E-state index contributed by atoms with van der Waals surface area (Å²) in [5.41, 5.74) is 0.340. The van der Waals surface area contributed by atoms with Gasteiger partial charge in [0.25, 0.3) is 5.88 Å². The Morgan fingerprint density at radius 1 is 1.56 bits per heavy atom. The Morgan fingerprint density at radius 2 is 2.22 bits per heavy atom. The van der Waals surface area contributed by atoms with Crippen LogP contribution in [0.5, 0.6) is 5.88 Å². The predicted octanol–water partition coefficient (Wildman–Crippen LogP) is 1.67. The largest absolute Gasteiger partial charge is 0.472 e. The van der Waals surface area contributed by atoms with E-state index in [1.807, 2.05) is 20.8 Å². The Kier molecular flexibility index (Phi) is 5.08. The molecule has 1 rings (SSSR count). The smallest absolute Gasteiger partial charge is 0.353 e. The van der Waals surface area contributed by atoms with Crippen LogP contribution in [0.3, 0.4) is 0 Å².